The summed E-state index contributed by atoms with van der Waals surface area (Å²) in [4.78, 5) is 3.67. The summed E-state index contributed by atoms with van der Waals surface area (Å²) in [7, 11) is 0. The van der Waals surface area contributed by atoms with E-state index < -0.39 is 0 Å². The predicted octanol–water partition coefficient (Wildman–Crippen LogP) is 1.47. The Morgan fingerprint density at radius 2 is 1.67 bits per heavy atom. The first-order chi connectivity index (χ1) is 2.77. The molecule has 0 spiro atoms. The fourth-order valence-corrected chi connectivity index (χ4v) is 0.149. The van der Waals surface area contributed by atoms with Crippen LogP contribution in [-0.2, 0) is 58.4 Å². The van der Waals surface area contributed by atoms with E-state index in [1.54, 1.807) is 0 Å². The molecule has 0 saturated carbocycles. The van der Waals surface area contributed by atoms with Gasteiger partial charge in [-0.1, -0.05) is 13.8 Å². The molecule has 5 heteroatoms. The van der Waals surface area contributed by atoms with E-state index in [1.165, 1.54) is 0 Å². The van der Waals surface area contributed by atoms with Crippen LogP contribution in [0.4, 0.5) is 0 Å². The van der Waals surface area contributed by atoms with Crippen molar-refractivity contribution < 1.29 is 58.4 Å². The van der Waals surface area contributed by atoms with Gasteiger partial charge in [0.1, 0.15) is 0 Å². The molecule has 0 aromatic heterocycles. The van der Waals surface area contributed by atoms with Crippen LogP contribution in [0.3, 0.4) is 0 Å². The van der Waals surface area contributed by atoms with Gasteiger partial charge in [0.05, 0.1) is 0 Å². The van der Waals surface area contributed by atoms with Crippen molar-refractivity contribution in [2.45, 2.75) is 19.9 Å². The molecule has 0 fully saturated rings. The number of hydrogen-bond donors (Lipinski definition) is 0. The third kappa shape index (κ3) is 26.7. The van der Waals surface area contributed by atoms with Crippen molar-refractivity contribution in [2.75, 3.05) is 0 Å². The Morgan fingerprint density at radius 3 is 1.67 bits per heavy atom. The number of rotatable bonds is 1. The van der Waals surface area contributed by atoms with E-state index in [0.29, 0.717) is 0 Å². The van der Waals surface area contributed by atoms with Gasteiger partial charge in [0.2, 0.25) is 0 Å². The maximum absolute atomic E-state index is 6.44. The van der Waals surface area contributed by atoms with E-state index in [9.17, 15) is 0 Å². The van der Waals surface area contributed by atoms with Crippen LogP contribution in [0.25, 0.3) is 5.73 Å². The molecular formula is C4H9N2Ru3. The third-order valence-corrected chi connectivity index (χ3v) is 0.373. The summed E-state index contributed by atoms with van der Waals surface area (Å²) in [6, 6.07) is 0.280. The monoisotopic (exact) mass is 391 g/mol. The van der Waals surface area contributed by atoms with Crippen LogP contribution in [0.2, 0.25) is 0 Å². The first kappa shape index (κ1) is 22.4. The average molecular weight is 388 g/mol. The van der Waals surface area contributed by atoms with Crippen molar-refractivity contribution in [3.05, 3.63) is 5.73 Å². The second kappa shape index (κ2) is 16.2. The Morgan fingerprint density at radius 1 is 1.33 bits per heavy atom. The van der Waals surface area contributed by atoms with Gasteiger partial charge in [-0.15, -0.1) is 6.34 Å². The Hall–Kier alpha value is 1.34. The summed E-state index contributed by atoms with van der Waals surface area (Å²) < 4.78 is 0. The molecule has 0 bridgehead atoms. The van der Waals surface area contributed by atoms with Gasteiger partial charge in [-0.25, -0.2) is 0 Å². The zero-order chi connectivity index (χ0) is 4.99. The van der Waals surface area contributed by atoms with Gasteiger partial charge in [0, 0.05) is 39.0 Å². The van der Waals surface area contributed by atoms with Crippen molar-refractivity contribution in [2.24, 2.45) is 4.99 Å². The number of nitrogens with zero attached hydrogens (tertiary/aromatic N) is 1. The van der Waals surface area contributed by atoms with Crippen LogP contribution < -0.4 is 0 Å². The molecule has 0 heterocycles. The maximum Gasteiger partial charge on any atom is 1.00 e. The molecule has 0 atom stereocenters. The summed E-state index contributed by atoms with van der Waals surface area (Å²) in [6.07, 6.45) is 1.07. The third-order valence-electron chi connectivity index (χ3n) is 0.373. The van der Waals surface area contributed by atoms with Crippen molar-refractivity contribution >= 4 is 6.34 Å². The second-order valence-electron chi connectivity index (χ2n) is 1.37. The Balaban J connectivity index is -0.0000000417. The molecule has 0 aliphatic heterocycles. The van der Waals surface area contributed by atoms with Gasteiger partial charge in [0.15, 0.2) is 0 Å². The molecule has 0 unspecified atom stereocenters. The van der Waals surface area contributed by atoms with Crippen LogP contribution in [0.5, 0.6) is 0 Å². The largest absolute Gasteiger partial charge is 1.00 e. The van der Waals surface area contributed by atoms with Crippen LogP contribution in [0.1, 0.15) is 13.8 Å². The summed E-state index contributed by atoms with van der Waals surface area (Å²) in [6.45, 7) is 3.87. The fourth-order valence-electron chi connectivity index (χ4n) is 0.149. The predicted molar refractivity (Wildman–Crippen MR) is 27.9 cm³/mol. The molecule has 59 valence electrons. The first-order valence-electron chi connectivity index (χ1n) is 1.96. The van der Waals surface area contributed by atoms with Crippen LogP contribution >= 0.6 is 0 Å². The van der Waals surface area contributed by atoms with Crippen molar-refractivity contribution in [3.63, 3.8) is 0 Å². The number of nitrogens with one attached hydrogen (secondary N) is 1. The van der Waals surface area contributed by atoms with Crippen molar-refractivity contribution in [1.29, 1.82) is 0 Å². The smallest absolute Gasteiger partial charge is 0.489 e. The van der Waals surface area contributed by atoms with Gasteiger partial charge < -0.3 is 10.7 Å². The molecule has 0 aromatic carbocycles. The molecule has 1 N–H and O–H groups in total. The van der Waals surface area contributed by atoms with E-state index in [-0.39, 0.29) is 64.5 Å². The number of hydrogen-bond acceptors (Lipinski definition) is 1. The Bertz CT molecular complexity index is 55.8. The van der Waals surface area contributed by atoms with Crippen LogP contribution in [0.15, 0.2) is 4.99 Å². The molecule has 0 amide bonds. The van der Waals surface area contributed by atoms with Gasteiger partial charge >= 0.3 is 19.5 Å². The fraction of sp³-hybridized carbons (Fsp3) is 0.750. The SMILES string of the molecule is CC(C)N=C[NH-].[Ru+].[Ru].[Ru]. The van der Waals surface area contributed by atoms with E-state index in [1.807, 2.05) is 13.8 Å². The molecule has 0 aromatic rings. The molecule has 0 aliphatic carbocycles. The average Bonchev–Trinajstić information content (AvgIpc) is 1.35. The summed E-state index contributed by atoms with van der Waals surface area (Å²) in [5.41, 5.74) is 6.44. The minimum atomic E-state index is 0. The Labute approximate surface area is 94.7 Å². The van der Waals surface area contributed by atoms with Gasteiger partial charge in [-0.3, -0.25) is 0 Å². The minimum absolute atomic E-state index is 0. The number of aliphatic imine (C=N–C) groups is 1. The quantitative estimate of drug-likeness (QED) is 0.371. The minimum Gasteiger partial charge on any atom is -0.489 e. The van der Waals surface area contributed by atoms with Gasteiger partial charge in [-0.05, 0) is 6.04 Å². The van der Waals surface area contributed by atoms with E-state index >= 15 is 0 Å². The topological polar surface area (TPSA) is 36.2 Å². The summed E-state index contributed by atoms with van der Waals surface area (Å²) >= 11 is 0. The normalized spacial score (nSPS) is 7.44. The summed E-state index contributed by atoms with van der Waals surface area (Å²) in [5.74, 6) is 0. The molecule has 0 saturated heterocycles. The van der Waals surface area contributed by atoms with Crippen LogP contribution in [-0.4, -0.2) is 12.4 Å². The van der Waals surface area contributed by atoms with Crippen molar-refractivity contribution in [3.8, 4) is 0 Å². The summed E-state index contributed by atoms with van der Waals surface area (Å²) in [5, 5.41) is 0. The first-order valence-corrected chi connectivity index (χ1v) is 1.96. The zero-order valence-corrected chi connectivity index (χ0v) is 10.4. The van der Waals surface area contributed by atoms with E-state index in [4.69, 9.17) is 5.73 Å². The molecular weight excluding hydrogens is 379 g/mol. The van der Waals surface area contributed by atoms with E-state index in [2.05, 4.69) is 4.99 Å². The molecule has 9 heavy (non-hydrogen) atoms. The molecule has 0 aliphatic rings. The molecule has 0 rings (SSSR count). The molecule has 2 nitrogen and oxygen atoms in total. The molecule has 1 radical (unpaired) electrons. The maximum atomic E-state index is 6.44. The van der Waals surface area contributed by atoms with E-state index in [0.717, 1.165) is 6.34 Å². The Kier molecular flexibility index (Phi) is 40.3. The van der Waals surface area contributed by atoms with Crippen molar-refractivity contribution in [1.82, 2.24) is 0 Å². The zero-order valence-electron chi connectivity index (χ0n) is 5.16. The standard InChI is InChI=1S/C4H9N2.3Ru/c1-4(2)6-3-5;;;/h3-4H,1-2H3,(H-,5,6);;;/q-1;;;+1. The van der Waals surface area contributed by atoms with Gasteiger partial charge in [0.25, 0.3) is 0 Å². The van der Waals surface area contributed by atoms with Gasteiger partial charge in [-0.2, -0.15) is 0 Å². The van der Waals surface area contributed by atoms with Crippen LogP contribution in [0, 0.1) is 0 Å². The second-order valence-corrected chi connectivity index (χ2v) is 1.37.